The van der Waals surface area contributed by atoms with Crippen molar-refractivity contribution in [2.24, 2.45) is 0 Å². The summed E-state index contributed by atoms with van der Waals surface area (Å²) in [5.74, 6) is 2.45. The Labute approximate surface area is 94.0 Å². The van der Waals surface area contributed by atoms with Gasteiger partial charge in [0.05, 0.1) is 11.7 Å². The summed E-state index contributed by atoms with van der Waals surface area (Å²) in [5.41, 5.74) is 0.696. The molecular formula is C11H13N3O2. The van der Waals surface area contributed by atoms with Crippen LogP contribution in [0.1, 0.15) is 19.8 Å². The molecule has 0 aliphatic carbocycles. The van der Waals surface area contributed by atoms with E-state index in [1.807, 2.05) is 6.92 Å². The van der Waals surface area contributed by atoms with Gasteiger partial charge in [0, 0.05) is 6.07 Å². The van der Waals surface area contributed by atoms with Crippen molar-refractivity contribution in [3.8, 4) is 12.3 Å². The zero-order valence-electron chi connectivity index (χ0n) is 9.01. The number of pyridine rings is 1. The molecule has 1 aromatic heterocycles. The molecule has 0 aliphatic rings. The van der Waals surface area contributed by atoms with Crippen LogP contribution in [-0.2, 0) is 0 Å². The molecule has 0 aliphatic heterocycles. The summed E-state index contributed by atoms with van der Waals surface area (Å²) in [5, 5.41) is 13.5. The van der Waals surface area contributed by atoms with Crippen LogP contribution in [0.3, 0.4) is 0 Å². The van der Waals surface area contributed by atoms with Gasteiger partial charge in [-0.15, -0.1) is 6.42 Å². The predicted molar refractivity (Wildman–Crippen MR) is 62.0 cm³/mol. The van der Waals surface area contributed by atoms with E-state index in [0.29, 0.717) is 5.69 Å². The second-order valence-corrected chi connectivity index (χ2v) is 3.31. The summed E-state index contributed by atoms with van der Waals surface area (Å²) in [4.78, 5) is 13.5. The molecule has 5 heteroatoms. The number of terminal acetylenes is 1. The molecule has 5 nitrogen and oxygen atoms in total. The van der Waals surface area contributed by atoms with Crippen molar-refractivity contribution in [1.82, 2.24) is 4.98 Å². The number of aromatic nitrogens is 1. The number of hydrogen-bond donors (Lipinski definition) is 1. The van der Waals surface area contributed by atoms with Gasteiger partial charge in [0.15, 0.2) is 6.20 Å². The van der Waals surface area contributed by atoms with Crippen molar-refractivity contribution in [2.45, 2.75) is 25.8 Å². The Morgan fingerprint density at radius 2 is 2.44 bits per heavy atom. The minimum Gasteiger partial charge on any atom is -0.369 e. The molecule has 84 valence electrons. The summed E-state index contributed by atoms with van der Waals surface area (Å²) in [6.07, 6.45) is 8.59. The molecule has 0 fully saturated rings. The number of hydrogen-bond acceptors (Lipinski definition) is 4. The second kappa shape index (κ2) is 5.71. The molecule has 1 N–H and O–H groups in total. The van der Waals surface area contributed by atoms with Gasteiger partial charge in [-0.1, -0.05) is 19.3 Å². The summed E-state index contributed by atoms with van der Waals surface area (Å²) in [6, 6.07) is 2.89. The molecule has 1 atom stereocenters. The Bertz CT molecular complexity index is 395. The fraction of sp³-hybridized carbons (Fsp3) is 0.364. The standard InChI is InChI=1S/C11H13N3O2/c1-3-5-9(4-2)13-10-6-7-11(12-8-10)14(15)16/h2,6-9,13H,3,5H2,1H3. The average molecular weight is 219 g/mol. The molecule has 1 aromatic rings. The van der Waals surface area contributed by atoms with Crippen LogP contribution in [0.2, 0.25) is 0 Å². The molecule has 1 heterocycles. The zero-order valence-corrected chi connectivity index (χ0v) is 9.01. The third-order valence-corrected chi connectivity index (χ3v) is 2.05. The summed E-state index contributed by atoms with van der Waals surface area (Å²) in [6.45, 7) is 2.04. The van der Waals surface area contributed by atoms with Gasteiger partial charge >= 0.3 is 5.82 Å². The van der Waals surface area contributed by atoms with E-state index in [1.54, 1.807) is 6.07 Å². The van der Waals surface area contributed by atoms with E-state index < -0.39 is 4.92 Å². The Morgan fingerprint density at radius 3 is 2.88 bits per heavy atom. The van der Waals surface area contributed by atoms with Crippen molar-refractivity contribution in [3.63, 3.8) is 0 Å². The Kier molecular flexibility index (Phi) is 4.28. The first-order valence-electron chi connectivity index (χ1n) is 5.00. The summed E-state index contributed by atoms with van der Waals surface area (Å²) in [7, 11) is 0. The molecular weight excluding hydrogens is 206 g/mol. The molecule has 0 saturated carbocycles. The van der Waals surface area contributed by atoms with Gasteiger partial charge in [-0.05, 0) is 22.4 Å². The van der Waals surface area contributed by atoms with Gasteiger partial charge in [0.25, 0.3) is 0 Å². The Balaban J connectivity index is 2.68. The summed E-state index contributed by atoms with van der Waals surface area (Å²) >= 11 is 0. The molecule has 0 radical (unpaired) electrons. The minimum atomic E-state index is -0.533. The van der Waals surface area contributed by atoms with E-state index in [9.17, 15) is 10.1 Å². The van der Waals surface area contributed by atoms with E-state index in [4.69, 9.17) is 6.42 Å². The molecule has 1 unspecified atom stereocenters. The summed E-state index contributed by atoms with van der Waals surface area (Å²) < 4.78 is 0. The maximum atomic E-state index is 10.4. The smallest absolute Gasteiger partial charge is 0.363 e. The lowest BCUT2D eigenvalue weighted by Gasteiger charge is -2.11. The lowest BCUT2D eigenvalue weighted by Crippen LogP contribution is -2.16. The number of nitrogens with one attached hydrogen (secondary N) is 1. The molecule has 1 rings (SSSR count). The minimum absolute atomic E-state index is 0.0618. The van der Waals surface area contributed by atoms with E-state index in [0.717, 1.165) is 12.8 Å². The highest BCUT2D eigenvalue weighted by atomic mass is 16.6. The first-order chi connectivity index (χ1) is 7.67. The van der Waals surface area contributed by atoms with Gasteiger partial charge in [0.2, 0.25) is 0 Å². The Hall–Kier alpha value is -2.09. The monoisotopic (exact) mass is 219 g/mol. The van der Waals surface area contributed by atoms with E-state index in [-0.39, 0.29) is 11.9 Å². The van der Waals surface area contributed by atoms with Gasteiger partial charge in [-0.2, -0.15) is 0 Å². The number of anilines is 1. The van der Waals surface area contributed by atoms with Crippen molar-refractivity contribution < 1.29 is 4.92 Å². The number of nitro groups is 1. The van der Waals surface area contributed by atoms with Crippen LogP contribution < -0.4 is 5.32 Å². The van der Waals surface area contributed by atoms with Crippen molar-refractivity contribution in [3.05, 3.63) is 28.4 Å². The molecule has 0 spiro atoms. The lowest BCUT2D eigenvalue weighted by atomic mass is 10.2. The van der Waals surface area contributed by atoms with Crippen molar-refractivity contribution in [2.75, 3.05) is 5.32 Å². The highest BCUT2D eigenvalue weighted by Crippen LogP contribution is 2.13. The average Bonchev–Trinajstić information content (AvgIpc) is 2.29. The zero-order chi connectivity index (χ0) is 12.0. The van der Waals surface area contributed by atoms with Crippen LogP contribution in [0.5, 0.6) is 0 Å². The van der Waals surface area contributed by atoms with Crippen LogP contribution in [0, 0.1) is 22.5 Å². The van der Waals surface area contributed by atoms with Crippen LogP contribution in [-0.4, -0.2) is 15.9 Å². The molecule has 16 heavy (non-hydrogen) atoms. The highest BCUT2D eigenvalue weighted by molar-refractivity contribution is 5.45. The first-order valence-corrected chi connectivity index (χ1v) is 5.00. The van der Waals surface area contributed by atoms with Crippen LogP contribution >= 0.6 is 0 Å². The van der Waals surface area contributed by atoms with Gasteiger partial charge in [-0.3, -0.25) is 0 Å². The Morgan fingerprint density at radius 1 is 1.69 bits per heavy atom. The maximum absolute atomic E-state index is 10.4. The lowest BCUT2D eigenvalue weighted by molar-refractivity contribution is -0.389. The normalized spacial score (nSPS) is 11.5. The first kappa shape index (κ1) is 12.0. The third-order valence-electron chi connectivity index (χ3n) is 2.05. The highest BCUT2D eigenvalue weighted by Gasteiger charge is 2.08. The predicted octanol–water partition coefficient (Wildman–Crippen LogP) is 2.20. The molecule has 0 aromatic carbocycles. The SMILES string of the molecule is C#CC(CCC)Nc1ccc([N+](=O)[O-])nc1. The van der Waals surface area contributed by atoms with E-state index in [1.165, 1.54) is 12.3 Å². The van der Waals surface area contributed by atoms with E-state index in [2.05, 4.69) is 16.2 Å². The largest absolute Gasteiger partial charge is 0.369 e. The third kappa shape index (κ3) is 3.24. The second-order valence-electron chi connectivity index (χ2n) is 3.31. The van der Waals surface area contributed by atoms with Gasteiger partial charge in [0.1, 0.15) is 0 Å². The van der Waals surface area contributed by atoms with Gasteiger partial charge < -0.3 is 15.4 Å². The quantitative estimate of drug-likeness (QED) is 0.468. The fourth-order valence-electron chi connectivity index (χ4n) is 1.27. The van der Waals surface area contributed by atoms with Crippen LogP contribution in [0.4, 0.5) is 11.5 Å². The van der Waals surface area contributed by atoms with Crippen LogP contribution in [0.25, 0.3) is 0 Å². The molecule has 0 amide bonds. The fourth-order valence-corrected chi connectivity index (χ4v) is 1.27. The number of nitrogens with zero attached hydrogens (tertiary/aromatic N) is 2. The van der Waals surface area contributed by atoms with Gasteiger partial charge in [-0.25, -0.2) is 0 Å². The number of rotatable bonds is 5. The van der Waals surface area contributed by atoms with Crippen molar-refractivity contribution in [1.29, 1.82) is 0 Å². The van der Waals surface area contributed by atoms with E-state index >= 15 is 0 Å². The topological polar surface area (TPSA) is 68.1 Å². The molecule has 0 saturated heterocycles. The van der Waals surface area contributed by atoms with Crippen LogP contribution in [0.15, 0.2) is 18.3 Å². The van der Waals surface area contributed by atoms with Crippen molar-refractivity contribution >= 4 is 11.5 Å². The maximum Gasteiger partial charge on any atom is 0.363 e. The molecule has 0 bridgehead atoms.